The predicted molar refractivity (Wildman–Crippen MR) is 110 cm³/mol. The number of nitrogens with zero attached hydrogens (tertiary/aromatic N) is 2. The first-order valence-corrected chi connectivity index (χ1v) is 9.51. The van der Waals surface area contributed by atoms with Gasteiger partial charge in [-0.1, -0.05) is 29.4 Å². The number of H-pyrrole nitrogens is 1. The van der Waals surface area contributed by atoms with E-state index in [0.717, 1.165) is 38.0 Å². The lowest BCUT2D eigenvalue weighted by Crippen LogP contribution is -1.96. The van der Waals surface area contributed by atoms with Gasteiger partial charge in [0.15, 0.2) is 5.82 Å². The molecular formula is C20H17ClN4OS. The van der Waals surface area contributed by atoms with E-state index < -0.39 is 0 Å². The number of aryl methyl sites for hydroxylation is 1. The Morgan fingerprint density at radius 2 is 1.96 bits per heavy atom. The van der Waals surface area contributed by atoms with Crippen molar-refractivity contribution in [1.29, 1.82) is 0 Å². The van der Waals surface area contributed by atoms with Gasteiger partial charge in [-0.3, -0.25) is 5.10 Å². The van der Waals surface area contributed by atoms with Crippen LogP contribution in [0, 0.1) is 6.92 Å². The van der Waals surface area contributed by atoms with Crippen LogP contribution >= 0.6 is 23.4 Å². The van der Waals surface area contributed by atoms with Gasteiger partial charge in [0.05, 0.1) is 7.11 Å². The van der Waals surface area contributed by atoms with Crippen LogP contribution in [0.15, 0.2) is 64.5 Å². The molecule has 0 radical (unpaired) electrons. The van der Waals surface area contributed by atoms with Crippen molar-refractivity contribution >= 4 is 45.8 Å². The third-order valence-corrected chi connectivity index (χ3v) is 5.21. The van der Waals surface area contributed by atoms with Crippen LogP contribution in [0.4, 0.5) is 11.6 Å². The van der Waals surface area contributed by atoms with E-state index in [0.29, 0.717) is 10.8 Å². The number of hydrogen-bond donors (Lipinski definition) is 2. The SMILES string of the molecule is COc1ccc2c(Sc3cccc(Cl)c3)nc(Nc3cc(C)[nH]n3)cc2c1. The zero-order chi connectivity index (χ0) is 18.8. The quantitative estimate of drug-likeness (QED) is 0.444. The van der Waals surface area contributed by atoms with Crippen molar-refractivity contribution in [3.05, 3.63) is 65.3 Å². The van der Waals surface area contributed by atoms with Crippen LogP contribution in [0.5, 0.6) is 5.75 Å². The fraction of sp³-hybridized carbons (Fsp3) is 0.100. The second kappa shape index (κ2) is 7.50. The number of benzene rings is 2. The van der Waals surface area contributed by atoms with E-state index in [2.05, 4.69) is 15.5 Å². The first-order chi connectivity index (χ1) is 13.1. The van der Waals surface area contributed by atoms with Crippen molar-refractivity contribution in [1.82, 2.24) is 15.2 Å². The van der Waals surface area contributed by atoms with Gasteiger partial charge in [0, 0.05) is 27.1 Å². The molecule has 0 saturated heterocycles. The highest BCUT2D eigenvalue weighted by Gasteiger charge is 2.11. The minimum Gasteiger partial charge on any atom is -0.497 e. The molecule has 2 N–H and O–H groups in total. The number of hydrogen-bond acceptors (Lipinski definition) is 5. The fourth-order valence-electron chi connectivity index (χ4n) is 2.73. The summed E-state index contributed by atoms with van der Waals surface area (Å²) in [7, 11) is 1.66. The number of halogens is 1. The maximum Gasteiger partial charge on any atom is 0.153 e. The standard InChI is InChI=1S/C20H17ClN4OS/c1-12-8-19(25-24-12)22-18-10-13-9-15(26-2)6-7-17(13)20(23-18)27-16-5-3-4-14(21)11-16/h3-11H,1-2H3,(H2,22,23,24,25). The third-order valence-electron chi connectivity index (χ3n) is 3.98. The van der Waals surface area contributed by atoms with Gasteiger partial charge in [-0.2, -0.15) is 5.10 Å². The van der Waals surface area contributed by atoms with Gasteiger partial charge in [0.1, 0.15) is 16.6 Å². The number of fused-ring (bicyclic) bond motifs is 1. The Morgan fingerprint density at radius 1 is 1.07 bits per heavy atom. The second-order valence-electron chi connectivity index (χ2n) is 6.02. The molecule has 0 spiro atoms. The molecule has 0 unspecified atom stereocenters. The average molecular weight is 397 g/mol. The van der Waals surface area contributed by atoms with Crippen molar-refractivity contribution in [2.45, 2.75) is 16.8 Å². The van der Waals surface area contributed by atoms with E-state index in [1.807, 2.05) is 61.5 Å². The number of nitrogens with one attached hydrogen (secondary N) is 2. The summed E-state index contributed by atoms with van der Waals surface area (Å²) in [5.74, 6) is 2.24. The van der Waals surface area contributed by atoms with Gasteiger partial charge in [-0.25, -0.2) is 4.98 Å². The minimum absolute atomic E-state index is 0.701. The van der Waals surface area contributed by atoms with E-state index in [1.165, 1.54) is 0 Å². The molecule has 7 heteroatoms. The molecule has 0 aliphatic carbocycles. The van der Waals surface area contributed by atoms with Gasteiger partial charge in [0.25, 0.3) is 0 Å². The molecule has 136 valence electrons. The van der Waals surface area contributed by atoms with E-state index in [-0.39, 0.29) is 0 Å². The van der Waals surface area contributed by atoms with Crippen LogP contribution < -0.4 is 10.1 Å². The first-order valence-electron chi connectivity index (χ1n) is 8.32. The molecule has 0 saturated carbocycles. The van der Waals surface area contributed by atoms with Crippen LogP contribution in [-0.2, 0) is 0 Å². The van der Waals surface area contributed by atoms with E-state index in [1.54, 1.807) is 18.9 Å². The van der Waals surface area contributed by atoms with Gasteiger partial charge in [0.2, 0.25) is 0 Å². The molecule has 2 heterocycles. The van der Waals surface area contributed by atoms with E-state index in [4.69, 9.17) is 21.3 Å². The lowest BCUT2D eigenvalue weighted by molar-refractivity contribution is 0.415. The zero-order valence-electron chi connectivity index (χ0n) is 14.8. The maximum absolute atomic E-state index is 6.14. The van der Waals surface area contributed by atoms with Crippen molar-refractivity contribution in [2.24, 2.45) is 0 Å². The summed E-state index contributed by atoms with van der Waals surface area (Å²) in [5.41, 5.74) is 0.980. The van der Waals surface area contributed by atoms with Crippen molar-refractivity contribution in [3.8, 4) is 5.75 Å². The largest absolute Gasteiger partial charge is 0.497 e. The Balaban J connectivity index is 1.79. The number of aromatic nitrogens is 3. The molecule has 27 heavy (non-hydrogen) atoms. The summed E-state index contributed by atoms with van der Waals surface area (Å²) in [6.45, 7) is 1.96. The topological polar surface area (TPSA) is 62.8 Å². The number of methoxy groups -OCH3 is 1. The van der Waals surface area contributed by atoms with Crippen molar-refractivity contribution < 1.29 is 4.74 Å². The molecule has 5 nitrogen and oxygen atoms in total. The molecule has 0 amide bonds. The monoisotopic (exact) mass is 396 g/mol. The van der Waals surface area contributed by atoms with Crippen LogP contribution in [0.25, 0.3) is 10.8 Å². The normalized spacial score (nSPS) is 10.9. The highest BCUT2D eigenvalue weighted by molar-refractivity contribution is 7.99. The van der Waals surface area contributed by atoms with Gasteiger partial charge in [-0.05, 0) is 54.8 Å². The maximum atomic E-state index is 6.14. The molecule has 0 aliphatic rings. The molecule has 2 aromatic heterocycles. The summed E-state index contributed by atoms with van der Waals surface area (Å²) in [4.78, 5) is 5.83. The summed E-state index contributed by atoms with van der Waals surface area (Å²) >= 11 is 7.71. The first kappa shape index (κ1) is 17.7. The number of aromatic amines is 1. The lowest BCUT2D eigenvalue weighted by atomic mass is 10.1. The molecule has 0 aliphatic heterocycles. The van der Waals surface area contributed by atoms with Crippen molar-refractivity contribution in [2.75, 3.05) is 12.4 Å². The molecule has 2 aromatic carbocycles. The summed E-state index contributed by atoms with van der Waals surface area (Å²) in [6, 6.07) is 17.6. The fourth-order valence-corrected chi connectivity index (χ4v) is 3.98. The Bertz CT molecular complexity index is 1110. The second-order valence-corrected chi connectivity index (χ2v) is 7.52. The van der Waals surface area contributed by atoms with Crippen LogP contribution in [0.3, 0.4) is 0 Å². The Labute approximate surface area is 166 Å². The van der Waals surface area contributed by atoms with Crippen molar-refractivity contribution in [3.63, 3.8) is 0 Å². The summed E-state index contributed by atoms with van der Waals surface area (Å²) in [5, 5.41) is 14.1. The van der Waals surface area contributed by atoms with Crippen LogP contribution in [0.1, 0.15) is 5.69 Å². The summed E-state index contributed by atoms with van der Waals surface area (Å²) in [6.07, 6.45) is 0. The molecule has 0 bridgehead atoms. The lowest BCUT2D eigenvalue weighted by Gasteiger charge is -2.11. The number of pyridine rings is 1. The van der Waals surface area contributed by atoms with Gasteiger partial charge >= 0.3 is 0 Å². The predicted octanol–water partition coefficient (Wildman–Crippen LogP) is 5.82. The Morgan fingerprint density at radius 3 is 2.70 bits per heavy atom. The summed E-state index contributed by atoms with van der Waals surface area (Å²) < 4.78 is 5.38. The minimum atomic E-state index is 0.701. The Hall–Kier alpha value is -2.70. The van der Waals surface area contributed by atoms with Crippen LogP contribution in [0.2, 0.25) is 5.02 Å². The smallest absolute Gasteiger partial charge is 0.153 e. The zero-order valence-corrected chi connectivity index (χ0v) is 16.4. The van der Waals surface area contributed by atoms with Crippen LogP contribution in [-0.4, -0.2) is 22.3 Å². The number of ether oxygens (including phenoxy) is 1. The molecule has 4 rings (SSSR count). The molecule has 0 atom stereocenters. The average Bonchev–Trinajstić information content (AvgIpc) is 3.06. The van der Waals surface area contributed by atoms with Gasteiger partial charge in [-0.15, -0.1) is 0 Å². The van der Waals surface area contributed by atoms with E-state index >= 15 is 0 Å². The Kier molecular flexibility index (Phi) is 4.92. The third kappa shape index (κ3) is 4.02. The highest BCUT2D eigenvalue weighted by Crippen LogP contribution is 2.36. The number of rotatable bonds is 5. The highest BCUT2D eigenvalue weighted by atomic mass is 35.5. The molecular weight excluding hydrogens is 380 g/mol. The van der Waals surface area contributed by atoms with Gasteiger partial charge < -0.3 is 10.1 Å². The molecule has 4 aromatic rings. The number of anilines is 2. The molecule has 0 fully saturated rings. The van der Waals surface area contributed by atoms with E-state index in [9.17, 15) is 0 Å².